The van der Waals surface area contributed by atoms with E-state index in [1.54, 1.807) is 13.3 Å². The van der Waals surface area contributed by atoms with Crippen LogP contribution in [0.15, 0.2) is 47.4 Å². The van der Waals surface area contributed by atoms with Gasteiger partial charge in [0, 0.05) is 5.39 Å². The first-order valence-corrected chi connectivity index (χ1v) is 6.31. The van der Waals surface area contributed by atoms with Gasteiger partial charge in [0.15, 0.2) is 0 Å². The molecule has 4 nitrogen and oxygen atoms in total. The van der Waals surface area contributed by atoms with E-state index in [4.69, 9.17) is 4.74 Å². The molecule has 0 saturated carbocycles. The van der Waals surface area contributed by atoms with E-state index in [1.165, 1.54) is 0 Å². The minimum absolute atomic E-state index is 0.166. The maximum Gasteiger partial charge on any atom is 0.272 e. The molecular formula is C16H14N2O2. The molecule has 3 rings (SSSR count). The largest absolute Gasteiger partial charge is 0.497 e. The van der Waals surface area contributed by atoms with Crippen LogP contribution in [0.2, 0.25) is 0 Å². The summed E-state index contributed by atoms with van der Waals surface area (Å²) in [6.45, 7) is 2.04. The van der Waals surface area contributed by atoms with Crippen molar-refractivity contribution < 1.29 is 4.74 Å². The number of H-pyrrole nitrogens is 1. The molecule has 100 valence electrons. The van der Waals surface area contributed by atoms with Gasteiger partial charge in [-0.15, -0.1) is 0 Å². The quantitative estimate of drug-likeness (QED) is 0.776. The number of aryl methyl sites for hydroxylation is 1. The fourth-order valence-electron chi connectivity index (χ4n) is 2.35. The van der Waals surface area contributed by atoms with Crippen LogP contribution in [0, 0.1) is 6.92 Å². The van der Waals surface area contributed by atoms with Gasteiger partial charge in [0.1, 0.15) is 5.75 Å². The highest BCUT2D eigenvalue weighted by atomic mass is 16.5. The second-order valence-corrected chi connectivity index (χ2v) is 4.68. The van der Waals surface area contributed by atoms with E-state index < -0.39 is 0 Å². The molecule has 0 amide bonds. The third-order valence-corrected chi connectivity index (χ3v) is 3.41. The fourth-order valence-corrected chi connectivity index (χ4v) is 2.35. The van der Waals surface area contributed by atoms with Gasteiger partial charge in [-0.25, -0.2) is 5.10 Å². The zero-order valence-electron chi connectivity index (χ0n) is 11.3. The van der Waals surface area contributed by atoms with E-state index >= 15 is 0 Å². The van der Waals surface area contributed by atoms with Gasteiger partial charge in [-0.3, -0.25) is 4.79 Å². The molecule has 0 aliphatic heterocycles. The smallest absolute Gasteiger partial charge is 0.272 e. The molecule has 1 heterocycles. The average Bonchev–Trinajstić information content (AvgIpc) is 2.47. The Hall–Kier alpha value is -2.62. The summed E-state index contributed by atoms with van der Waals surface area (Å²) in [5.41, 5.74) is 3.14. The number of fused-ring (bicyclic) bond motifs is 1. The van der Waals surface area contributed by atoms with Crippen LogP contribution in [-0.4, -0.2) is 17.3 Å². The molecule has 0 radical (unpaired) electrons. The van der Waals surface area contributed by atoms with Gasteiger partial charge in [-0.1, -0.05) is 12.1 Å². The summed E-state index contributed by atoms with van der Waals surface area (Å²) in [6, 6.07) is 11.7. The lowest BCUT2D eigenvalue weighted by molar-refractivity contribution is 0.414. The van der Waals surface area contributed by atoms with Gasteiger partial charge >= 0.3 is 0 Å². The second-order valence-electron chi connectivity index (χ2n) is 4.68. The summed E-state index contributed by atoms with van der Waals surface area (Å²) in [5.74, 6) is 0.838. The van der Waals surface area contributed by atoms with Crippen molar-refractivity contribution in [2.75, 3.05) is 7.11 Å². The Balaban J connectivity index is 2.17. The number of benzene rings is 2. The number of hydrogen-bond acceptors (Lipinski definition) is 3. The Morgan fingerprint density at radius 1 is 1.15 bits per heavy atom. The van der Waals surface area contributed by atoms with E-state index in [2.05, 4.69) is 10.2 Å². The lowest BCUT2D eigenvalue weighted by Crippen LogP contribution is -2.07. The van der Waals surface area contributed by atoms with Gasteiger partial charge in [0.05, 0.1) is 18.7 Å². The van der Waals surface area contributed by atoms with Crippen LogP contribution in [-0.2, 0) is 0 Å². The van der Waals surface area contributed by atoms with Gasteiger partial charge in [0.2, 0.25) is 0 Å². The van der Waals surface area contributed by atoms with Crippen LogP contribution >= 0.6 is 0 Å². The lowest BCUT2D eigenvalue weighted by atomic mass is 9.98. The number of nitrogens with one attached hydrogen (secondary N) is 1. The summed E-state index contributed by atoms with van der Waals surface area (Å²) in [7, 11) is 1.66. The molecule has 2 aromatic carbocycles. The van der Waals surface area contributed by atoms with Crippen molar-refractivity contribution in [3.8, 4) is 16.9 Å². The van der Waals surface area contributed by atoms with E-state index in [1.807, 2.05) is 43.3 Å². The molecule has 4 heteroatoms. The molecule has 0 bridgehead atoms. The van der Waals surface area contributed by atoms with Crippen molar-refractivity contribution in [3.05, 3.63) is 58.5 Å². The Labute approximate surface area is 116 Å². The molecule has 1 N–H and O–H groups in total. The molecule has 0 saturated heterocycles. The third kappa shape index (κ3) is 2.05. The first-order valence-electron chi connectivity index (χ1n) is 6.31. The molecular weight excluding hydrogens is 252 g/mol. The Morgan fingerprint density at radius 3 is 2.75 bits per heavy atom. The summed E-state index contributed by atoms with van der Waals surface area (Å²) < 4.78 is 5.22. The van der Waals surface area contributed by atoms with Crippen LogP contribution < -0.4 is 10.3 Å². The predicted molar refractivity (Wildman–Crippen MR) is 79.1 cm³/mol. The Kier molecular flexibility index (Phi) is 2.99. The van der Waals surface area contributed by atoms with Gasteiger partial charge in [-0.2, -0.15) is 5.10 Å². The summed E-state index contributed by atoms with van der Waals surface area (Å²) in [6.07, 6.45) is 1.67. The average molecular weight is 266 g/mol. The minimum atomic E-state index is -0.166. The standard InChI is InChI=1S/C16H14N2O2/c1-10-7-13(20-2)4-6-14(10)11-3-5-15-12(8-11)9-17-18-16(15)19/h3-9H,1-2H3,(H,18,19). The van der Waals surface area contributed by atoms with Gasteiger partial charge < -0.3 is 4.74 Å². The first kappa shape index (κ1) is 12.4. The maximum atomic E-state index is 11.6. The van der Waals surface area contributed by atoms with E-state index in [0.29, 0.717) is 5.39 Å². The zero-order valence-corrected chi connectivity index (χ0v) is 11.3. The number of ether oxygens (including phenoxy) is 1. The summed E-state index contributed by atoms with van der Waals surface area (Å²) in [4.78, 5) is 11.6. The van der Waals surface area contributed by atoms with Crippen LogP contribution in [0.5, 0.6) is 5.75 Å². The zero-order chi connectivity index (χ0) is 14.1. The molecule has 3 aromatic rings. The number of aromatic amines is 1. The molecule has 0 spiro atoms. The van der Waals surface area contributed by atoms with Crippen molar-refractivity contribution in [1.29, 1.82) is 0 Å². The predicted octanol–water partition coefficient (Wildman–Crippen LogP) is 2.91. The van der Waals surface area contributed by atoms with Crippen LogP contribution in [0.4, 0.5) is 0 Å². The number of aromatic nitrogens is 2. The Morgan fingerprint density at radius 2 is 2.00 bits per heavy atom. The highest BCUT2D eigenvalue weighted by Crippen LogP contribution is 2.28. The van der Waals surface area contributed by atoms with Crippen LogP contribution in [0.1, 0.15) is 5.56 Å². The number of methoxy groups -OCH3 is 1. The minimum Gasteiger partial charge on any atom is -0.497 e. The first-order chi connectivity index (χ1) is 9.69. The fraction of sp³-hybridized carbons (Fsp3) is 0.125. The van der Waals surface area contributed by atoms with Crippen molar-refractivity contribution >= 4 is 10.8 Å². The van der Waals surface area contributed by atoms with Crippen LogP contribution in [0.25, 0.3) is 21.9 Å². The molecule has 0 unspecified atom stereocenters. The van der Waals surface area contributed by atoms with E-state index in [0.717, 1.165) is 27.8 Å². The van der Waals surface area contributed by atoms with Crippen molar-refractivity contribution in [1.82, 2.24) is 10.2 Å². The second kappa shape index (κ2) is 4.81. The highest BCUT2D eigenvalue weighted by Gasteiger charge is 2.06. The summed E-state index contributed by atoms with van der Waals surface area (Å²) >= 11 is 0. The maximum absolute atomic E-state index is 11.6. The molecule has 0 atom stereocenters. The Bertz CT molecular complexity index is 837. The number of rotatable bonds is 2. The molecule has 0 aliphatic carbocycles. The molecule has 0 aliphatic rings. The van der Waals surface area contributed by atoms with Crippen molar-refractivity contribution in [2.45, 2.75) is 6.92 Å². The number of hydrogen-bond donors (Lipinski definition) is 1. The van der Waals surface area contributed by atoms with E-state index in [9.17, 15) is 4.79 Å². The topological polar surface area (TPSA) is 55.0 Å². The highest BCUT2D eigenvalue weighted by molar-refractivity contribution is 5.86. The molecule has 1 aromatic heterocycles. The monoisotopic (exact) mass is 266 g/mol. The third-order valence-electron chi connectivity index (χ3n) is 3.41. The molecule has 0 fully saturated rings. The van der Waals surface area contributed by atoms with Gasteiger partial charge in [0.25, 0.3) is 5.56 Å². The number of nitrogens with zero attached hydrogens (tertiary/aromatic N) is 1. The molecule has 20 heavy (non-hydrogen) atoms. The van der Waals surface area contributed by atoms with Crippen molar-refractivity contribution in [2.24, 2.45) is 0 Å². The SMILES string of the molecule is COc1ccc(-c2ccc3c(=O)[nH]ncc3c2)c(C)c1. The normalized spacial score (nSPS) is 10.7. The summed E-state index contributed by atoms with van der Waals surface area (Å²) in [5, 5.41) is 7.76. The van der Waals surface area contributed by atoms with Crippen LogP contribution in [0.3, 0.4) is 0 Å². The van der Waals surface area contributed by atoms with Crippen molar-refractivity contribution in [3.63, 3.8) is 0 Å². The van der Waals surface area contributed by atoms with E-state index in [-0.39, 0.29) is 5.56 Å². The lowest BCUT2D eigenvalue weighted by Gasteiger charge is -2.09. The van der Waals surface area contributed by atoms with Gasteiger partial charge in [-0.05, 0) is 47.9 Å².